The number of anilines is 3. The van der Waals surface area contributed by atoms with Gasteiger partial charge in [0, 0.05) is 19.6 Å². The van der Waals surface area contributed by atoms with Crippen molar-refractivity contribution in [1.29, 1.82) is 0 Å². The normalized spacial score (nSPS) is 14.2. The quantitative estimate of drug-likeness (QED) is 0.0288. The molecule has 48 heteroatoms. The van der Waals surface area contributed by atoms with E-state index in [1.54, 1.807) is 0 Å². The minimum atomic E-state index is -7.87. The molecule has 0 radical (unpaired) electrons. The molecule has 4 aromatic rings. The maximum atomic E-state index is 14.5. The number of nitrogens with zero attached hydrogens (tertiary/aromatic N) is 3. The molecule has 99 heavy (non-hydrogen) atoms. The van der Waals surface area contributed by atoms with E-state index in [0.29, 0.717) is 18.2 Å². The van der Waals surface area contributed by atoms with Gasteiger partial charge in [-0.1, -0.05) is 36.4 Å². The third-order valence-electron chi connectivity index (χ3n) is 12.8. The van der Waals surface area contributed by atoms with Gasteiger partial charge in [-0.25, -0.2) is 26.3 Å². The summed E-state index contributed by atoms with van der Waals surface area (Å²) in [7, 11) is 0. The molecule has 0 saturated carbocycles. The highest BCUT2D eigenvalue weighted by molar-refractivity contribution is 5.44. The maximum Gasteiger partial charge on any atom is 0.384 e. The lowest BCUT2D eigenvalue weighted by Gasteiger charge is -2.39. The van der Waals surface area contributed by atoms with E-state index in [1.165, 1.54) is 0 Å². The highest BCUT2D eigenvalue weighted by atomic mass is 19.4. The molecular formula is C51H42F36N6O6. The van der Waals surface area contributed by atoms with Crippen molar-refractivity contribution < 1.29 is 186 Å². The molecule has 0 unspecified atom stereocenters. The molecule has 1 aromatic heterocycles. The Labute approximate surface area is 529 Å². The van der Waals surface area contributed by atoms with Crippen molar-refractivity contribution in [2.75, 3.05) is 75.2 Å². The third-order valence-corrected chi connectivity index (χ3v) is 12.8. The number of hydrogen-bond donors (Lipinski definition) is 3. The summed E-state index contributed by atoms with van der Waals surface area (Å²) in [6.07, 6.45) is -18.1. The summed E-state index contributed by atoms with van der Waals surface area (Å²) >= 11 is 0. The zero-order valence-corrected chi connectivity index (χ0v) is 48.0. The highest BCUT2D eigenvalue weighted by Gasteiger charge is 2.90. The van der Waals surface area contributed by atoms with Gasteiger partial charge in [0.15, 0.2) is 54.3 Å². The van der Waals surface area contributed by atoms with Crippen LogP contribution < -0.4 is 44.4 Å². The monoisotopic (exact) mass is 1520 g/mol. The summed E-state index contributed by atoms with van der Waals surface area (Å²) in [6, 6.07) is 10.3. The minimum Gasteiger partial charge on any atom is -0.490 e. The van der Waals surface area contributed by atoms with Crippen LogP contribution in [0.4, 0.5) is 176 Å². The van der Waals surface area contributed by atoms with Crippen molar-refractivity contribution in [1.82, 2.24) is 15.0 Å². The Balaban J connectivity index is 1.48. The molecule has 1 heterocycles. The Bertz CT molecular complexity index is 2910. The van der Waals surface area contributed by atoms with E-state index in [-0.39, 0.29) is 38.9 Å². The summed E-state index contributed by atoms with van der Waals surface area (Å²) in [5.74, 6) is -117. The molecule has 0 aliphatic rings. The highest BCUT2D eigenvalue weighted by Crippen LogP contribution is 2.62. The zero-order chi connectivity index (χ0) is 75.9. The number of hydrogen-bond acceptors (Lipinski definition) is 12. The van der Waals surface area contributed by atoms with E-state index >= 15 is 0 Å². The van der Waals surface area contributed by atoms with Gasteiger partial charge in [-0.15, -0.1) is 0 Å². The number of aromatic nitrogens is 3. The Morgan fingerprint density at radius 1 is 0.263 bits per heavy atom. The zero-order valence-electron chi connectivity index (χ0n) is 48.0. The molecule has 0 aliphatic heterocycles. The Hall–Kier alpha value is -7.65. The van der Waals surface area contributed by atoms with Gasteiger partial charge < -0.3 is 44.4 Å². The standard InChI is InChI=1S/C51H42F36N6O6/c52-31(53)40(64,65)46(76,77)49(82,83)43(70,71)37(58,59)22-97-28-13-4-1-10-25(28)94-19-7-16-88-34-91-35(89-17-8-20-95-26-11-2-5-14-29(26)98-23-38(60,61)44(72,73)50(84,85)47(78,79)41(66,67)32(54)55)93-36(92-34)90-18-9-21-96-27-12-3-6-15-30(27)99-24-39(62,63)45(74,75)51(86,87)48(80,81)42(68,69)33(56)57/h1-6,10-15,31-33H,7-9,16-24H2,(H3,88,89,90,91,92,93). The minimum absolute atomic E-state index is 0.282. The molecule has 4 rings (SSSR count). The second-order valence-corrected chi connectivity index (χ2v) is 20.0. The SMILES string of the molecule is FC(F)C(F)(F)C(F)(F)C(F)(F)C(F)(F)C(F)(F)COc1ccccc1OCCCNc1nc(NCCCOc2ccccc2OCC(F)(F)C(F)(F)C(F)(F)C(F)(F)C(F)(F)C(F)F)nc(NCCCOc2ccccc2OCC(F)(F)C(F)(F)C(F)(F)C(F)(F)C(F)(F)C(F)F)n1. The van der Waals surface area contributed by atoms with Gasteiger partial charge in [-0.05, 0) is 55.7 Å². The average molecular weight is 1520 g/mol. The molecule has 0 saturated heterocycles. The van der Waals surface area contributed by atoms with Crippen molar-refractivity contribution in [3.8, 4) is 34.5 Å². The van der Waals surface area contributed by atoms with Crippen LogP contribution >= 0.6 is 0 Å². The van der Waals surface area contributed by atoms with E-state index in [0.717, 1.165) is 54.6 Å². The Morgan fingerprint density at radius 3 is 0.626 bits per heavy atom. The van der Waals surface area contributed by atoms with Crippen LogP contribution in [0.5, 0.6) is 34.5 Å². The number of rotatable bonds is 42. The molecule has 0 aliphatic carbocycles. The van der Waals surface area contributed by atoms with E-state index in [4.69, 9.17) is 14.2 Å². The lowest BCUT2D eigenvalue weighted by molar-refractivity contribution is -0.414. The first-order chi connectivity index (χ1) is 45.0. The summed E-state index contributed by atoms with van der Waals surface area (Å²) in [6.45, 7) is -11.9. The van der Waals surface area contributed by atoms with Crippen LogP contribution in [0.3, 0.4) is 0 Å². The van der Waals surface area contributed by atoms with Gasteiger partial charge in [0.2, 0.25) is 17.8 Å². The van der Waals surface area contributed by atoms with Crippen molar-refractivity contribution in [2.45, 2.75) is 127 Å². The molecule has 3 N–H and O–H groups in total. The molecule has 0 bridgehead atoms. The summed E-state index contributed by atoms with van der Waals surface area (Å²) < 4.78 is 523. The molecule has 0 atom stereocenters. The third kappa shape index (κ3) is 16.7. The van der Waals surface area contributed by atoms with Gasteiger partial charge in [-0.2, -0.15) is 147 Å². The summed E-state index contributed by atoms with van der Waals surface area (Å²) in [5.41, 5.74) is 0. The molecule has 0 amide bonds. The van der Waals surface area contributed by atoms with E-state index < -0.39 is 200 Å². The second-order valence-electron chi connectivity index (χ2n) is 20.0. The largest absolute Gasteiger partial charge is 0.490 e. The number of nitrogens with one attached hydrogen (secondary N) is 3. The van der Waals surface area contributed by atoms with Crippen molar-refractivity contribution in [2.24, 2.45) is 0 Å². The lowest BCUT2D eigenvalue weighted by atomic mass is 9.94. The van der Waals surface area contributed by atoms with E-state index in [1.807, 2.05) is 0 Å². The van der Waals surface area contributed by atoms with Crippen molar-refractivity contribution in [3.63, 3.8) is 0 Å². The van der Waals surface area contributed by atoms with Crippen molar-refractivity contribution >= 4 is 17.8 Å². The number of benzene rings is 3. The summed E-state index contributed by atoms with van der Waals surface area (Å²) in [5, 5.41) is 7.73. The summed E-state index contributed by atoms with van der Waals surface area (Å²) in [4.78, 5) is 12.0. The van der Waals surface area contributed by atoms with E-state index in [9.17, 15) is 158 Å². The average Bonchev–Trinajstić information content (AvgIpc) is 0.733. The van der Waals surface area contributed by atoms with Crippen LogP contribution in [0.15, 0.2) is 72.8 Å². The van der Waals surface area contributed by atoms with Gasteiger partial charge in [0.25, 0.3) is 0 Å². The van der Waals surface area contributed by atoms with Crippen molar-refractivity contribution in [3.05, 3.63) is 72.8 Å². The fourth-order valence-corrected chi connectivity index (χ4v) is 7.14. The number of halogens is 36. The smallest absolute Gasteiger partial charge is 0.384 e. The van der Waals surface area contributed by atoms with E-state index in [2.05, 4.69) is 45.1 Å². The Morgan fingerprint density at radius 2 is 0.444 bits per heavy atom. The van der Waals surface area contributed by atoms with Crippen LogP contribution in [-0.2, 0) is 0 Å². The fourth-order valence-electron chi connectivity index (χ4n) is 7.14. The first-order valence-corrected chi connectivity index (χ1v) is 26.5. The molecule has 564 valence electrons. The molecule has 12 nitrogen and oxygen atoms in total. The van der Waals surface area contributed by atoms with Gasteiger partial charge in [0.1, 0.15) is 0 Å². The fraction of sp³-hybridized carbons (Fsp3) is 0.588. The molecule has 0 fully saturated rings. The number of alkyl halides is 36. The number of para-hydroxylation sites is 6. The first kappa shape index (κ1) is 83.8. The van der Waals surface area contributed by atoms with Crippen LogP contribution in [0, 0.1) is 0 Å². The molecular weight excluding hydrogens is 1480 g/mol. The topological polar surface area (TPSA) is 130 Å². The van der Waals surface area contributed by atoms with Gasteiger partial charge >= 0.3 is 108 Å². The van der Waals surface area contributed by atoms with Crippen LogP contribution in [0.1, 0.15) is 19.3 Å². The Kier molecular flexibility index (Phi) is 25.6. The van der Waals surface area contributed by atoms with Gasteiger partial charge in [0.05, 0.1) is 19.8 Å². The van der Waals surface area contributed by atoms with Crippen LogP contribution in [-0.4, -0.2) is 182 Å². The van der Waals surface area contributed by atoms with Crippen LogP contribution in [0.25, 0.3) is 0 Å². The molecule has 3 aromatic carbocycles. The second kappa shape index (κ2) is 30.3. The molecule has 0 spiro atoms. The number of ether oxygens (including phenoxy) is 6. The van der Waals surface area contributed by atoms with Gasteiger partial charge in [-0.3, -0.25) is 0 Å². The predicted molar refractivity (Wildman–Crippen MR) is 264 cm³/mol. The predicted octanol–water partition coefficient (Wildman–Crippen LogP) is 17.0. The maximum absolute atomic E-state index is 14.5. The lowest BCUT2D eigenvalue weighted by Crippen LogP contribution is -2.69. The first-order valence-electron chi connectivity index (χ1n) is 26.5. The van der Waals surface area contributed by atoms with Crippen LogP contribution in [0.2, 0.25) is 0 Å².